The number of guanidine groups is 1. The van der Waals surface area contributed by atoms with Crippen LogP contribution in [0.5, 0.6) is 0 Å². The molecule has 1 aromatic heterocycles. The second kappa shape index (κ2) is 10.8. The van der Waals surface area contributed by atoms with Gasteiger partial charge < -0.3 is 20.3 Å². The summed E-state index contributed by atoms with van der Waals surface area (Å²) in [5.74, 6) is 1.65. The number of hydrogen-bond acceptors (Lipinski definition) is 4. The third-order valence-electron chi connectivity index (χ3n) is 4.79. The number of aryl methyl sites for hydroxylation is 1. The van der Waals surface area contributed by atoms with Crippen molar-refractivity contribution in [2.75, 3.05) is 46.9 Å². The molecule has 0 aliphatic carbocycles. The Hall–Kier alpha value is -1.11. The fraction of sp³-hybridized carbons (Fsp3) is 0.737. The van der Waals surface area contributed by atoms with Crippen LogP contribution in [-0.2, 0) is 11.2 Å². The minimum Gasteiger partial charge on any atom is -0.383 e. The lowest BCUT2D eigenvalue weighted by atomic mass is 9.97. The van der Waals surface area contributed by atoms with Gasteiger partial charge in [-0.05, 0) is 57.8 Å². The van der Waals surface area contributed by atoms with E-state index in [1.807, 2.05) is 18.4 Å². The van der Waals surface area contributed by atoms with Crippen molar-refractivity contribution in [3.63, 3.8) is 0 Å². The van der Waals surface area contributed by atoms with Gasteiger partial charge in [-0.25, -0.2) is 0 Å². The summed E-state index contributed by atoms with van der Waals surface area (Å²) in [6.07, 6.45) is 3.53. The molecular formula is C19H34N4OS. The standard InChI is InChI=1S/C19H34N4OS/c1-15(13-18-6-5-16(2)25-18)22-19(20-3)21-14-17-7-9-23(10-8-17)11-12-24-4/h5-6,15,17H,7-14H2,1-4H3,(H2,20,21,22). The van der Waals surface area contributed by atoms with Crippen LogP contribution >= 0.6 is 11.3 Å². The fourth-order valence-electron chi connectivity index (χ4n) is 3.25. The lowest BCUT2D eigenvalue weighted by molar-refractivity contribution is 0.121. The van der Waals surface area contributed by atoms with E-state index in [1.54, 1.807) is 7.11 Å². The monoisotopic (exact) mass is 366 g/mol. The third-order valence-corrected chi connectivity index (χ3v) is 5.81. The lowest BCUT2D eigenvalue weighted by Gasteiger charge is -2.32. The van der Waals surface area contributed by atoms with E-state index in [0.29, 0.717) is 6.04 Å². The number of ether oxygens (including phenoxy) is 1. The van der Waals surface area contributed by atoms with E-state index in [4.69, 9.17) is 4.74 Å². The average molecular weight is 367 g/mol. The van der Waals surface area contributed by atoms with Gasteiger partial charge in [0, 0.05) is 49.5 Å². The topological polar surface area (TPSA) is 48.9 Å². The van der Waals surface area contributed by atoms with Crippen LogP contribution in [0.15, 0.2) is 17.1 Å². The zero-order valence-corrected chi connectivity index (χ0v) is 17.0. The molecule has 0 bridgehead atoms. The van der Waals surface area contributed by atoms with Crippen LogP contribution in [-0.4, -0.2) is 63.8 Å². The van der Waals surface area contributed by atoms with Gasteiger partial charge >= 0.3 is 0 Å². The number of piperidine rings is 1. The molecule has 1 saturated heterocycles. The highest BCUT2D eigenvalue weighted by Crippen LogP contribution is 2.17. The molecule has 0 radical (unpaired) electrons. The van der Waals surface area contributed by atoms with Crippen molar-refractivity contribution in [3.8, 4) is 0 Å². The number of nitrogens with one attached hydrogen (secondary N) is 2. The third kappa shape index (κ3) is 7.34. The number of rotatable bonds is 8. The van der Waals surface area contributed by atoms with E-state index in [9.17, 15) is 0 Å². The van der Waals surface area contributed by atoms with Crippen LogP contribution < -0.4 is 10.6 Å². The van der Waals surface area contributed by atoms with Gasteiger partial charge in [-0.1, -0.05) is 0 Å². The first-order valence-electron chi connectivity index (χ1n) is 9.34. The van der Waals surface area contributed by atoms with Gasteiger partial charge in [0.1, 0.15) is 0 Å². The molecule has 0 saturated carbocycles. The van der Waals surface area contributed by atoms with Crippen LogP contribution in [0, 0.1) is 12.8 Å². The first kappa shape index (κ1) is 20.2. The van der Waals surface area contributed by atoms with Crippen LogP contribution in [0.2, 0.25) is 0 Å². The van der Waals surface area contributed by atoms with Gasteiger partial charge in [-0.3, -0.25) is 4.99 Å². The average Bonchev–Trinajstić information content (AvgIpc) is 3.02. The quantitative estimate of drug-likeness (QED) is 0.548. The minimum absolute atomic E-state index is 0.375. The van der Waals surface area contributed by atoms with E-state index in [-0.39, 0.29) is 0 Å². The Morgan fingerprint density at radius 3 is 2.76 bits per heavy atom. The summed E-state index contributed by atoms with van der Waals surface area (Å²) in [7, 11) is 3.63. The predicted molar refractivity (Wildman–Crippen MR) is 108 cm³/mol. The number of hydrogen-bond donors (Lipinski definition) is 2. The molecule has 0 amide bonds. The molecule has 2 heterocycles. The molecule has 1 aliphatic heterocycles. The summed E-state index contributed by atoms with van der Waals surface area (Å²) in [4.78, 5) is 9.69. The van der Waals surface area contributed by atoms with Crippen molar-refractivity contribution in [2.45, 2.75) is 39.2 Å². The maximum Gasteiger partial charge on any atom is 0.191 e. The fourth-order valence-corrected chi connectivity index (χ4v) is 4.27. The zero-order chi connectivity index (χ0) is 18.1. The van der Waals surface area contributed by atoms with E-state index < -0.39 is 0 Å². The van der Waals surface area contributed by atoms with Crippen molar-refractivity contribution in [1.82, 2.24) is 15.5 Å². The van der Waals surface area contributed by atoms with Gasteiger partial charge in [-0.2, -0.15) is 0 Å². The molecule has 2 N–H and O–H groups in total. The SMILES string of the molecule is CN=C(NCC1CCN(CCOC)CC1)NC(C)Cc1ccc(C)s1. The molecular weight excluding hydrogens is 332 g/mol. The second-order valence-corrected chi connectivity index (χ2v) is 8.37. The molecule has 1 aromatic rings. The highest BCUT2D eigenvalue weighted by Gasteiger charge is 2.19. The molecule has 25 heavy (non-hydrogen) atoms. The van der Waals surface area contributed by atoms with Gasteiger partial charge in [0.25, 0.3) is 0 Å². The van der Waals surface area contributed by atoms with E-state index in [1.165, 1.54) is 35.7 Å². The zero-order valence-electron chi connectivity index (χ0n) is 16.2. The number of likely N-dealkylation sites (tertiary alicyclic amines) is 1. The second-order valence-electron chi connectivity index (χ2n) is 6.99. The highest BCUT2D eigenvalue weighted by atomic mass is 32.1. The summed E-state index contributed by atoms with van der Waals surface area (Å²) >= 11 is 1.88. The molecule has 6 heteroatoms. The predicted octanol–water partition coefficient (Wildman–Crippen LogP) is 2.51. The Balaban J connectivity index is 1.66. The number of nitrogens with zero attached hydrogens (tertiary/aromatic N) is 2. The first-order chi connectivity index (χ1) is 12.1. The van der Waals surface area contributed by atoms with Gasteiger partial charge in [-0.15, -0.1) is 11.3 Å². The van der Waals surface area contributed by atoms with Crippen LogP contribution in [0.4, 0.5) is 0 Å². The van der Waals surface area contributed by atoms with Gasteiger partial charge in [0.2, 0.25) is 0 Å². The first-order valence-corrected chi connectivity index (χ1v) is 10.2. The number of methoxy groups -OCH3 is 1. The Morgan fingerprint density at radius 1 is 1.40 bits per heavy atom. The van der Waals surface area contributed by atoms with E-state index >= 15 is 0 Å². The summed E-state index contributed by atoms with van der Waals surface area (Å²) < 4.78 is 5.17. The molecule has 2 rings (SSSR count). The summed E-state index contributed by atoms with van der Waals surface area (Å²) in [5, 5.41) is 7.04. The summed E-state index contributed by atoms with van der Waals surface area (Å²) in [6, 6.07) is 4.80. The Morgan fingerprint density at radius 2 is 2.16 bits per heavy atom. The molecule has 1 atom stereocenters. The van der Waals surface area contributed by atoms with Crippen molar-refractivity contribution < 1.29 is 4.74 Å². The van der Waals surface area contributed by atoms with Crippen LogP contribution in [0.3, 0.4) is 0 Å². The van der Waals surface area contributed by atoms with Crippen LogP contribution in [0.1, 0.15) is 29.5 Å². The normalized spacial score (nSPS) is 18.3. The smallest absolute Gasteiger partial charge is 0.191 e. The van der Waals surface area contributed by atoms with Crippen molar-refractivity contribution >= 4 is 17.3 Å². The van der Waals surface area contributed by atoms with Crippen molar-refractivity contribution in [2.24, 2.45) is 10.9 Å². The lowest BCUT2D eigenvalue weighted by Crippen LogP contribution is -2.46. The largest absolute Gasteiger partial charge is 0.383 e. The number of thiophene rings is 1. The Labute approximate surface area is 156 Å². The van der Waals surface area contributed by atoms with E-state index in [2.05, 4.69) is 46.5 Å². The molecule has 142 valence electrons. The maximum absolute atomic E-state index is 5.17. The van der Waals surface area contributed by atoms with Crippen molar-refractivity contribution in [1.29, 1.82) is 0 Å². The molecule has 5 nitrogen and oxygen atoms in total. The van der Waals surface area contributed by atoms with Crippen molar-refractivity contribution in [3.05, 3.63) is 21.9 Å². The molecule has 0 spiro atoms. The van der Waals surface area contributed by atoms with E-state index in [0.717, 1.165) is 38.0 Å². The number of aliphatic imine (C=N–C) groups is 1. The molecule has 1 aliphatic rings. The summed E-state index contributed by atoms with van der Waals surface area (Å²) in [6.45, 7) is 9.62. The summed E-state index contributed by atoms with van der Waals surface area (Å²) in [5.41, 5.74) is 0. The molecule has 1 fully saturated rings. The molecule has 0 aromatic carbocycles. The highest BCUT2D eigenvalue weighted by molar-refractivity contribution is 7.11. The maximum atomic E-state index is 5.17. The Bertz CT molecular complexity index is 523. The van der Waals surface area contributed by atoms with Gasteiger partial charge in [0.05, 0.1) is 6.61 Å². The van der Waals surface area contributed by atoms with Crippen LogP contribution in [0.25, 0.3) is 0 Å². The van der Waals surface area contributed by atoms with Gasteiger partial charge in [0.15, 0.2) is 5.96 Å². The minimum atomic E-state index is 0.375. The molecule has 1 unspecified atom stereocenters. The Kier molecular flexibility index (Phi) is 8.72.